The highest BCUT2D eigenvalue weighted by atomic mass is 16.5. The molecule has 1 aromatic rings. The van der Waals surface area contributed by atoms with Gasteiger partial charge in [-0.2, -0.15) is 0 Å². The Labute approximate surface area is 163 Å². The third kappa shape index (κ3) is 9.11. The largest absolute Gasteiger partial charge is 0.491 e. The van der Waals surface area contributed by atoms with Crippen LogP contribution in [0.4, 0.5) is 0 Å². The van der Waals surface area contributed by atoms with E-state index in [0.717, 1.165) is 37.8 Å². The van der Waals surface area contributed by atoms with Crippen molar-refractivity contribution >= 4 is 5.96 Å². The molecule has 0 amide bonds. The summed E-state index contributed by atoms with van der Waals surface area (Å²) in [6.07, 6.45) is 7.94. The van der Waals surface area contributed by atoms with Gasteiger partial charge in [-0.25, -0.2) is 0 Å². The van der Waals surface area contributed by atoms with Gasteiger partial charge in [0.15, 0.2) is 5.96 Å². The maximum Gasteiger partial charge on any atom is 0.191 e. The van der Waals surface area contributed by atoms with Gasteiger partial charge in [-0.1, -0.05) is 31.4 Å². The molecule has 0 saturated heterocycles. The molecule has 1 aliphatic rings. The number of guanidine groups is 1. The normalized spacial score (nSPS) is 15.6. The topological polar surface area (TPSA) is 64.1 Å². The van der Waals surface area contributed by atoms with Crippen molar-refractivity contribution < 1.29 is 14.2 Å². The van der Waals surface area contributed by atoms with Crippen LogP contribution >= 0.6 is 0 Å². The van der Waals surface area contributed by atoms with Crippen molar-refractivity contribution in [2.45, 2.75) is 51.2 Å². The molecule has 0 atom stereocenters. The molecule has 0 spiro atoms. The molecule has 1 saturated carbocycles. The minimum absolute atomic E-state index is 0.484. The van der Waals surface area contributed by atoms with Gasteiger partial charge in [0, 0.05) is 33.9 Å². The van der Waals surface area contributed by atoms with Crippen LogP contribution in [0.5, 0.6) is 5.75 Å². The predicted molar refractivity (Wildman–Crippen MR) is 109 cm³/mol. The molecule has 0 unspecified atom stereocenters. The van der Waals surface area contributed by atoms with Gasteiger partial charge < -0.3 is 24.8 Å². The molecule has 152 valence electrons. The van der Waals surface area contributed by atoms with E-state index >= 15 is 0 Å². The van der Waals surface area contributed by atoms with Crippen LogP contribution < -0.4 is 15.4 Å². The average molecular weight is 378 g/mol. The molecule has 0 radical (unpaired) electrons. The summed E-state index contributed by atoms with van der Waals surface area (Å²) in [4.78, 5) is 4.27. The molecule has 2 N–H and O–H groups in total. The lowest BCUT2D eigenvalue weighted by Gasteiger charge is -2.22. The first kappa shape index (κ1) is 21.5. The number of rotatable bonds is 11. The monoisotopic (exact) mass is 377 g/mol. The first-order valence-corrected chi connectivity index (χ1v) is 10.1. The van der Waals surface area contributed by atoms with Crippen molar-refractivity contribution in [3.05, 3.63) is 29.8 Å². The van der Waals surface area contributed by atoms with Crippen LogP contribution in [0, 0.1) is 0 Å². The van der Waals surface area contributed by atoms with E-state index in [9.17, 15) is 0 Å². The first-order valence-electron chi connectivity index (χ1n) is 10.1. The van der Waals surface area contributed by atoms with E-state index in [4.69, 9.17) is 14.2 Å². The standard InChI is InChI=1S/C21H35N3O3/c1-22-21(23-13-6-14-26-19-7-4-3-5-8-19)24-17-18-9-11-20(12-10-18)27-16-15-25-2/h9-12,19H,3-8,13-17H2,1-2H3,(H2,22,23,24). The zero-order chi connectivity index (χ0) is 19.2. The summed E-state index contributed by atoms with van der Waals surface area (Å²) in [5, 5.41) is 6.68. The number of hydrogen-bond donors (Lipinski definition) is 2. The summed E-state index contributed by atoms with van der Waals surface area (Å²) in [5.74, 6) is 1.67. The van der Waals surface area contributed by atoms with Crippen LogP contribution in [0.2, 0.25) is 0 Å². The summed E-state index contributed by atoms with van der Waals surface area (Å²) >= 11 is 0. The van der Waals surface area contributed by atoms with Gasteiger partial charge in [-0.05, 0) is 37.0 Å². The van der Waals surface area contributed by atoms with E-state index < -0.39 is 0 Å². The van der Waals surface area contributed by atoms with E-state index in [-0.39, 0.29) is 0 Å². The van der Waals surface area contributed by atoms with Gasteiger partial charge in [-0.15, -0.1) is 0 Å². The fourth-order valence-electron chi connectivity index (χ4n) is 3.11. The Kier molecular flexibility index (Phi) is 10.7. The van der Waals surface area contributed by atoms with E-state index in [1.54, 1.807) is 14.2 Å². The van der Waals surface area contributed by atoms with Crippen molar-refractivity contribution in [1.82, 2.24) is 10.6 Å². The van der Waals surface area contributed by atoms with Crippen LogP contribution in [0.25, 0.3) is 0 Å². The highest BCUT2D eigenvalue weighted by Crippen LogP contribution is 2.20. The van der Waals surface area contributed by atoms with E-state index in [1.807, 2.05) is 12.1 Å². The quantitative estimate of drug-likeness (QED) is 0.352. The van der Waals surface area contributed by atoms with Gasteiger partial charge in [0.2, 0.25) is 0 Å². The van der Waals surface area contributed by atoms with Gasteiger partial charge >= 0.3 is 0 Å². The molecule has 6 heteroatoms. The van der Waals surface area contributed by atoms with Crippen molar-refractivity contribution in [2.75, 3.05) is 40.5 Å². The summed E-state index contributed by atoms with van der Waals surface area (Å²) in [6.45, 7) is 3.56. The molecule has 1 aliphatic carbocycles. The highest BCUT2D eigenvalue weighted by Gasteiger charge is 2.12. The molecular weight excluding hydrogens is 342 g/mol. The number of ether oxygens (including phenoxy) is 3. The number of nitrogens with zero attached hydrogens (tertiary/aromatic N) is 1. The molecule has 1 fully saturated rings. The smallest absolute Gasteiger partial charge is 0.191 e. The van der Waals surface area contributed by atoms with Gasteiger partial charge in [0.05, 0.1) is 12.7 Å². The predicted octanol–water partition coefficient (Wildman–Crippen LogP) is 3.12. The van der Waals surface area contributed by atoms with E-state index in [0.29, 0.717) is 19.3 Å². The lowest BCUT2D eigenvalue weighted by atomic mass is 9.98. The van der Waals surface area contributed by atoms with Gasteiger partial charge in [0.1, 0.15) is 12.4 Å². The van der Waals surface area contributed by atoms with Crippen LogP contribution in [0.15, 0.2) is 29.3 Å². The Morgan fingerprint density at radius 2 is 1.81 bits per heavy atom. The van der Waals surface area contributed by atoms with Crippen molar-refractivity contribution in [3.63, 3.8) is 0 Å². The number of benzene rings is 1. The maximum absolute atomic E-state index is 5.95. The molecule has 6 nitrogen and oxygen atoms in total. The number of hydrogen-bond acceptors (Lipinski definition) is 4. The molecule has 1 aromatic carbocycles. The maximum atomic E-state index is 5.95. The molecule has 0 bridgehead atoms. The number of nitrogens with one attached hydrogen (secondary N) is 2. The van der Waals surface area contributed by atoms with Gasteiger partial charge in [0.25, 0.3) is 0 Å². The number of aliphatic imine (C=N–C) groups is 1. The molecule has 0 aliphatic heterocycles. The Hall–Kier alpha value is -1.79. The van der Waals surface area contributed by atoms with Crippen LogP contribution in [-0.4, -0.2) is 52.6 Å². The Balaban J connectivity index is 1.57. The highest BCUT2D eigenvalue weighted by molar-refractivity contribution is 5.79. The summed E-state index contributed by atoms with van der Waals surface area (Å²) in [5.41, 5.74) is 1.18. The fourth-order valence-corrected chi connectivity index (χ4v) is 3.11. The van der Waals surface area contributed by atoms with Crippen molar-refractivity contribution in [1.29, 1.82) is 0 Å². The SMILES string of the molecule is CN=C(NCCCOC1CCCCC1)NCc1ccc(OCCOC)cc1. The summed E-state index contributed by atoms with van der Waals surface area (Å²) in [6, 6.07) is 8.07. The van der Waals surface area contributed by atoms with Crippen LogP contribution in [-0.2, 0) is 16.0 Å². The van der Waals surface area contributed by atoms with Crippen LogP contribution in [0.3, 0.4) is 0 Å². The molecule has 27 heavy (non-hydrogen) atoms. The summed E-state index contributed by atoms with van der Waals surface area (Å²) in [7, 11) is 3.46. The van der Waals surface area contributed by atoms with E-state index in [1.165, 1.54) is 37.7 Å². The lowest BCUT2D eigenvalue weighted by Crippen LogP contribution is -2.37. The Bertz CT molecular complexity index is 528. The Morgan fingerprint density at radius 1 is 1.04 bits per heavy atom. The zero-order valence-corrected chi connectivity index (χ0v) is 16.8. The van der Waals surface area contributed by atoms with Crippen molar-refractivity contribution in [2.24, 2.45) is 4.99 Å². The molecule has 0 aromatic heterocycles. The molecule has 2 rings (SSSR count). The summed E-state index contributed by atoms with van der Waals surface area (Å²) < 4.78 is 16.5. The fraction of sp³-hybridized carbons (Fsp3) is 0.667. The van der Waals surface area contributed by atoms with Crippen LogP contribution in [0.1, 0.15) is 44.1 Å². The minimum Gasteiger partial charge on any atom is -0.491 e. The zero-order valence-electron chi connectivity index (χ0n) is 16.8. The second kappa shape index (κ2) is 13.4. The molecule has 0 heterocycles. The van der Waals surface area contributed by atoms with Gasteiger partial charge in [-0.3, -0.25) is 4.99 Å². The first-order chi connectivity index (χ1) is 13.3. The third-order valence-corrected chi connectivity index (χ3v) is 4.68. The van der Waals surface area contributed by atoms with E-state index in [2.05, 4.69) is 27.8 Å². The van der Waals surface area contributed by atoms with Crippen molar-refractivity contribution in [3.8, 4) is 5.75 Å². The lowest BCUT2D eigenvalue weighted by molar-refractivity contribution is 0.0277. The molecular formula is C21H35N3O3. The number of methoxy groups -OCH3 is 1. The second-order valence-corrected chi connectivity index (χ2v) is 6.82. The average Bonchev–Trinajstić information content (AvgIpc) is 2.72. The third-order valence-electron chi connectivity index (χ3n) is 4.68. The second-order valence-electron chi connectivity index (χ2n) is 6.82. The Morgan fingerprint density at radius 3 is 2.52 bits per heavy atom. The minimum atomic E-state index is 0.484.